The summed E-state index contributed by atoms with van der Waals surface area (Å²) in [6.07, 6.45) is 0.266. The van der Waals surface area contributed by atoms with Crippen LogP contribution in [0.3, 0.4) is 0 Å². The van der Waals surface area contributed by atoms with Crippen molar-refractivity contribution in [2.45, 2.75) is 27.2 Å². The summed E-state index contributed by atoms with van der Waals surface area (Å²) in [6, 6.07) is 0. The largest absolute Gasteiger partial charge is 0.393 e. The van der Waals surface area contributed by atoms with Crippen LogP contribution in [-0.4, -0.2) is 25.0 Å². The third-order valence-corrected chi connectivity index (χ3v) is 2.40. The number of cyclic esters (lactones) is 2. The molecule has 1 atom stereocenters. The Balaban J connectivity index is 2.73. The molecule has 0 aromatic rings. The van der Waals surface area contributed by atoms with Gasteiger partial charge in [0.05, 0.1) is 12.3 Å². The van der Waals surface area contributed by atoms with Gasteiger partial charge in [-0.2, -0.15) is 0 Å². The second-order valence-corrected chi connectivity index (χ2v) is 4.67. The number of carbonyl (C=O) groups is 2. The summed E-state index contributed by atoms with van der Waals surface area (Å²) in [4.78, 5) is 22.6. The Kier molecular flexibility index (Phi) is 3.26. The highest BCUT2D eigenvalue weighted by atomic mass is 16.6. The molecule has 80 valence electrons. The summed E-state index contributed by atoms with van der Waals surface area (Å²) >= 11 is 0. The normalized spacial score (nSPS) is 25.2. The van der Waals surface area contributed by atoms with Gasteiger partial charge in [-0.15, -0.1) is 0 Å². The average molecular weight is 199 g/mol. The minimum Gasteiger partial charge on any atom is -0.393 e. The van der Waals surface area contributed by atoms with Crippen molar-refractivity contribution in [2.24, 2.45) is 11.3 Å². The van der Waals surface area contributed by atoms with Crippen LogP contribution in [0.1, 0.15) is 27.2 Å². The number of rotatable bonds is 0. The van der Waals surface area contributed by atoms with Gasteiger partial charge in [-0.1, -0.05) is 20.8 Å². The average Bonchev–Trinajstić information content (AvgIpc) is 1.97. The van der Waals surface area contributed by atoms with Crippen LogP contribution in [0.2, 0.25) is 0 Å². The van der Waals surface area contributed by atoms with E-state index in [0.717, 1.165) is 0 Å². The SMILES string of the molecule is CC(C)(C)C1CNCCC(=O)OC1=O. The van der Waals surface area contributed by atoms with Crippen molar-refractivity contribution < 1.29 is 14.3 Å². The van der Waals surface area contributed by atoms with Crippen molar-refractivity contribution in [1.29, 1.82) is 0 Å². The molecule has 1 heterocycles. The predicted molar refractivity (Wildman–Crippen MR) is 51.5 cm³/mol. The molecule has 0 saturated carbocycles. The van der Waals surface area contributed by atoms with E-state index in [2.05, 4.69) is 5.32 Å². The maximum Gasteiger partial charge on any atom is 0.318 e. The molecule has 14 heavy (non-hydrogen) atoms. The Labute approximate surface area is 84.0 Å². The lowest BCUT2D eigenvalue weighted by Gasteiger charge is -2.29. The maximum atomic E-state index is 11.5. The Morgan fingerprint density at radius 3 is 2.57 bits per heavy atom. The number of carbonyl (C=O) groups excluding carboxylic acids is 2. The Morgan fingerprint density at radius 2 is 2.00 bits per heavy atom. The molecule has 1 rings (SSSR count). The molecule has 0 radical (unpaired) electrons. The summed E-state index contributed by atoms with van der Waals surface area (Å²) in [5.74, 6) is -1.10. The first kappa shape index (κ1) is 11.2. The molecule has 0 amide bonds. The monoisotopic (exact) mass is 199 g/mol. The third kappa shape index (κ3) is 2.80. The Morgan fingerprint density at radius 1 is 1.36 bits per heavy atom. The van der Waals surface area contributed by atoms with Gasteiger partial charge < -0.3 is 10.1 Å². The maximum absolute atomic E-state index is 11.5. The molecule has 1 aliphatic heterocycles. The number of ether oxygens (including phenoxy) is 1. The molecular weight excluding hydrogens is 182 g/mol. The van der Waals surface area contributed by atoms with Crippen LogP contribution in [-0.2, 0) is 14.3 Å². The Hall–Kier alpha value is -0.900. The number of hydrogen-bond donors (Lipinski definition) is 1. The molecule has 4 nitrogen and oxygen atoms in total. The van der Waals surface area contributed by atoms with E-state index in [0.29, 0.717) is 13.1 Å². The highest BCUT2D eigenvalue weighted by Crippen LogP contribution is 2.27. The summed E-state index contributed by atoms with van der Waals surface area (Å²) in [7, 11) is 0. The molecule has 0 aliphatic carbocycles. The van der Waals surface area contributed by atoms with Gasteiger partial charge in [-0.05, 0) is 5.41 Å². The van der Waals surface area contributed by atoms with E-state index in [1.54, 1.807) is 0 Å². The van der Waals surface area contributed by atoms with E-state index in [9.17, 15) is 9.59 Å². The third-order valence-electron chi connectivity index (χ3n) is 2.40. The number of esters is 2. The summed E-state index contributed by atoms with van der Waals surface area (Å²) in [5.41, 5.74) is -0.179. The zero-order valence-electron chi connectivity index (χ0n) is 8.92. The number of hydrogen-bond acceptors (Lipinski definition) is 4. The van der Waals surface area contributed by atoms with Crippen molar-refractivity contribution in [3.05, 3.63) is 0 Å². The first-order chi connectivity index (χ1) is 6.41. The van der Waals surface area contributed by atoms with Gasteiger partial charge in [0.15, 0.2) is 0 Å². The van der Waals surface area contributed by atoms with Gasteiger partial charge >= 0.3 is 11.9 Å². The minimum atomic E-state index is -0.434. The molecule has 0 aromatic heterocycles. The Bertz CT molecular complexity index is 242. The van der Waals surface area contributed by atoms with Crippen LogP contribution in [0.25, 0.3) is 0 Å². The lowest BCUT2D eigenvalue weighted by atomic mass is 9.80. The van der Waals surface area contributed by atoms with Crippen LogP contribution < -0.4 is 5.32 Å². The summed E-state index contributed by atoms with van der Waals surface area (Å²) in [6.45, 7) is 7.06. The quantitative estimate of drug-likeness (QED) is 0.461. The molecular formula is C10H17NO3. The molecule has 1 N–H and O–H groups in total. The van der Waals surface area contributed by atoms with Crippen LogP contribution in [0.15, 0.2) is 0 Å². The van der Waals surface area contributed by atoms with E-state index in [1.807, 2.05) is 20.8 Å². The summed E-state index contributed by atoms with van der Waals surface area (Å²) < 4.78 is 4.71. The van der Waals surface area contributed by atoms with Crippen molar-refractivity contribution in [3.8, 4) is 0 Å². The van der Waals surface area contributed by atoms with Crippen molar-refractivity contribution in [2.75, 3.05) is 13.1 Å². The van der Waals surface area contributed by atoms with E-state index in [-0.39, 0.29) is 17.8 Å². The van der Waals surface area contributed by atoms with Crippen molar-refractivity contribution in [1.82, 2.24) is 5.32 Å². The molecule has 0 bridgehead atoms. The van der Waals surface area contributed by atoms with Gasteiger partial charge in [0, 0.05) is 13.1 Å². The first-order valence-corrected chi connectivity index (χ1v) is 4.86. The highest BCUT2D eigenvalue weighted by molar-refractivity contribution is 5.87. The van der Waals surface area contributed by atoms with Crippen LogP contribution >= 0.6 is 0 Å². The van der Waals surface area contributed by atoms with Crippen LogP contribution in [0.5, 0.6) is 0 Å². The van der Waals surface area contributed by atoms with Crippen LogP contribution in [0.4, 0.5) is 0 Å². The molecule has 4 heteroatoms. The van der Waals surface area contributed by atoms with E-state index >= 15 is 0 Å². The highest BCUT2D eigenvalue weighted by Gasteiger charge is 2.34. The summed E-state index contributed by atoms with van der Waals surface area (Å²) in [5, 5.41) is 3.08. The fourth-order valence-electron chi connectivity index (χ4n) is 1.41. The fourth-order valence-corrected chi connectivity index (χ4v) is 1.41. The molecule has 0 spiro atoms. The van der Waals surface area contributed by atoms with Gasteiger partial charge in [0.2, 0.25) is 0 Å². The van der Waals surface area contributed by atoms with Gasteiger partial charge in [-0.3, -0.25) is 9.59 Å². The van der Waals surface area contributed by atoms with Gasteiger partial charge in [0.25, 0.3) is 0 Å². The minimum absolute atomic E-state index is 0.179. The fraction of sp³-hybridized carbons (Fsp3) is 0.800. The molecule has 0 aromatic carbocycles. The van der Waals surface area contributed by atoms with E-state index < -0.39 is 11.9 Å². The van der Waals surface area contributed by atoms with Gasteiger partial charge in [-0.25, -0.2) is 0 Å². The zero-order chi connectivity index (χ0) is 10.8. The lowest BCUT2D eigenvalue weighted by Crippen LogP contribution is -2.42. The van der Waals surface area contributed by atoms with E-state index in [4.69, 9.17) is 4.74 Å². The lowest BCUT2D eigenvalue weighted by molar-refractivity contribution is -0.165. The molecule has 1 unspecified atom stereocenters. The molecule has 1 saturated heterocycles. The van der Waals surface area contributed by atoms with Crippen molar-refractivity contribution >= 4 is 11.9 Å². The van der Waals surface area contributed by atoms with Gasteiger partial charge in [0.1, 0.15) is 0 Å². The van der Waals surface area contributed by atoms with Crippen molar-refractivity contribution in [3.63, 3.8) is 0 Å². The second-order valence-electron chi connectivity index (χ2n) is 4.67. The standard InChI is InChI=1S/C10H17NO3/c1-10(2,3)7-6-11-5-4-8(12)14-9(7)13/h7,11H,4-6H2,1-3H3. The second kappa shape index (κ2) is 4.09. The topological polar surface area (TPSA) is 55.4 Å². The van der Waals surface area contributed by atoms with E-state index in [1.165, 1.54) is 0 Å². The van der Waals surface area contributed by atoms with Crippen LogP contribution in [0, 0.1) is 11.3 Å². The zero-order valence-corrected chi connectivity index (χ0v) is 8.92. The smallest absolute Gasteiger partial charge is 0.318 e. The first-order valence-electron chi connectivity index (χ1n) is 4.86. The number of nitrogens with one attached hydrogen (secondary N) is 1. The molecule has 1 fully saturated rings. The molecule has 1 aliphatic rings. The predicted octanol–water partition coefficient (Wildman–Crippen LogP) is 0.712.